The number of para-hydroxylation sites is 1. The predicted molar refractivity (Wildman–Crippen MR) is 72.3 cm³/mol. The van der Waals surface area contributed by atoms with Crippen LogP contribution in [0, 0.1) is 10.1 Å². The van der Waals surface area contributed by atoms with Gasteiger partial charge in [0.25, 0.3) is 5.91 Å². The van der Waals surface area contributed by atoms with Crippen LogP contribution in [0.25, 0.3) is 0 Å². The standard InChI is InChI=1S/C11H9ClN2O5S/c12-9-3-1-2-8(10(9)14(16)17)11(15)13-7-4-5-20(18,19)6-7/h1-5,7H,6H2,(H,13,15). The molecule has 1 aromatic carbocycles. The van der Waals surface area contributed by atoms with Crippen LogP contribution in [0.15, 0.2) is 29.7 Å². The fourth-order valence-electron chi connectivity index (χ4n) is 1.80. The zero-order chi connectivity index (χ0) is 14.9. The van der Waals surface area contributed by atoms with Crippen molar-refractivity contribution >= 4 is 33.0 Å². The monoisotopic (exact) mass is 316 g/mol. The van der Waals surface area contributed by atoms with Crippen molar-refractivity contribution in [1.29, 1.82) is 0 Å². The second-order valence-corrected chi connectivity index (χ2v) is 6.47. The van der Waals surface area contributed by atoms with Crippen molar-refractivity contribution in [2.75, 3.05) is 5.75 Å². The van der Waals surface area contributed by atoms with Gasteiger partial charge in [-0.3, -0.25) is 14.9 Å². The average molecular weight is 317 g/mol. The van der Waals surface area contributed by atoms with Crippen LogP contribution in [0.2, 0.25) is 5.02 Å². The molecule has 0 aromatic heterocycles. The summed E-state index contributed by atoms with van der Waals surface area (Å²) in [6.07, 6.45) is 1.32. The van der Waals surface area contributed by atoms with E-state index >= 15 is 0 Å². The molecule has 0 saturated heterocycles. The smallest absolute Gasteiger partial charge is 0.300 e. The summed E-state index contributed by atoms with van der Waals surface area (Å²) in [7, 11) is -3.31. The fraction of sp³-hybridized carbons (Fsp3) is 0.182. The van der Waals surface area contributed by atoms with Gasteiger partial charge in [-0.2, -0.15) is 0 Å². The maximum atomic E-state index is 12.0. The lowest BCUT2D eigenvalue weighted by Gasteiger charge is -2.10. The molecule has 1 aliphatic heterocycles. The van der Waals surface area contributed by atoms with E-state index < -0.39 is 32.4 Å². The molecule has 1 unspecified atom stereocenters. The van der Waals surface area contributed by atoms with Crippen LogP contribution in [0.1, 0.15) is 10.4 Å². The molecule has 0 fully saturated rings. The Balaban J connectivity index is 2.25. The number of carbonyl (C=O) groups excluding carboxylic acids is 1. The Morgan fingerprint density at radius 2 is 2.15 bits per heavy atom. The Labute approximate surface area is 119 Å². The SMILES string of the molecule is O=C(NC1C=CS(=O)(=O)C1)c1cccc(Cl)c1[N+](=O)[O-]. The van der Waals surface area contributed by atoms with Gasteiger partial charge in [0.2, 0.25) is 0 Å². The van der Waals surface area contributed by atoms with Crippen molar-refractivity contribution in [3.8, 4) is 0 Å². The number of nitrogens with one attached hydrogen (secondary N) is 1. The van der Waals surface area contributed by atoms with Crippen LogP contribution in [0.3, 0.4) is 0 Å². The molecule has 1 amide bonds. The van der Waals surface area contributed by atoms with E-state index in [4.69, 9.17) is 11.6 Å². The minimum absolute atomic E-state index is 0.155. The average Bonchev–Trinajstić information content (AvgIpc) is 2.67. The topological polar surface area (TPSA) is 106 Å². The Bertz CT molecular complexity index is 714. The number of halogens is 1. The van der Waals surface area contributed by atoms with Gasteiger partial charge in [0.1, 0.15) is 10.6 Å². The highest BCUT2D eigenvalue weighted by Crippen LogP contribution is 2.28. The summed E-state index contributed by atoms with van der Waals surface area (Å²) in [6.45, 7) is 0. The highest BCUT2D eigenvalue weighted by Gasteiger charge is 2.28. The maximum absolute atomic E-state index is 12.0. The Morgan fingerprint density at radius 3 is 2.70 bits per heavy atom. The molecule has 0 aliphatic carbocycles. The van der Waals surface area contributed by atoms with Gasteiger partial charge in [-0.15, -0.1) is 0 Å². The first-order chi connectivity index (χ1) is 9.30. The molecule has 2 rings (SSSR count). The number of benzene rings is 1. The third kappa shape index (κ3) is 2.97. The Kier molecular flexibility index (Phi) is 3.78. The van der Waals surface area contributed by atoms with E-state index in [-0.39, 0.29) is 16.3 Å². The third-order valence-corrected chi connectivity index (χ3v) is 4.36. The number of nitro benzene ring substituents is 1. The first-order valence-corrected chi connectivity index (χ1v) is 7.54. The first-order valence-electron chi connectivity index (χ1n) is 5.45. The molecule has 1 aromatic rings. The van der Waals surface area contributed by atoms with Gasteiger partial charge in [0, 0.05) is 5.41 Å². The van der Waals surface area contributed by atoms with Crippen LogP contribution in [0.5, 0.6) is 0 Å². The molecule has 1 N–H and O–H groups in total. The number of hydrogen-bond acceptors (Lipinski definition) is 5. The number of nitro groups is 1. The summed E-state index contributed by atoms with van der Waals surface area (Å²) >= 11 is 5.70. The number of hydrogen-bond donors (Lipinski definition) is 1. The number of amides is 1. The van der Waals surface area contributed by atoms with E-state index in [1.165, 1.54) is 24.3 Å². The van der Waals surface area contributed by atoms with Crippen molar-refractivity contribution < 1.29 is 18.1 Å². The highest BCUT2D eigenvalue weighted by atomic mass is 35.5. The van der Waals surface area contributed by atoms with E-state index in [0.29, 0.717) is 0 Å². The number of carbonyl (C=O) groups is 1. The summed E-state index contributed by atoms with van der Waals surface area (Å²) in [6, 6.07) is 3.26. The maximum Gasteiger partial charge on any atom is 0.300 e. The molecular weight excluding hydrogens is 308 g/mol. The summed E-state index contributed by atoms with van der Waals surface area (Å²) in [4.78, 5) is 22.2. The van der Waals surface area contributed by atoms with E-state index in [0.717, 1.165) is 5.41 Å². The highest BCUT2D eigenvalue weighted by molar-refractivity contribution is 7.94. The van der Waals surface area contributed by atoms with Crippen LogP contribution < -0.4 is 5.32 Å². The van der Waals surface area contributed by atoms with Crippen LogP contribution in [-0.2, 0) is 9.84 Å². The second-order valence-electron chi connectivity index (χ2n) is 4.13. The van der Waals surface area contributed by atoms with E-state index in [1.54, 1.807) is 0 Å². The van der Waals surface area contributed by atoms with Gasteiger partial charge in [0.15, 0.2) is 9.84 Å². The van der Waals surface area contributed by atoms with Crippen molar-refractivity contribution in [2.24, 2.45) is 0 Å². The van der Waals surface area contributed by atoms with Crippen LogP contribution >= 0.6 is 11.6 Å². The van der Waals surface area contributed by atoms with Crippen molar-refractivity contribution in [1.82, 2.24) is 5.32 Å². The largest absolute Gasteiger partial charge is 0.345 e. The summed E-state index contributed by atoms with van der Waals surface area (Å²) in [5, 5.41) is 14.2. The van der Waals surface area contributed by atoms with E-state index in [2.05, 4.69) is 5.32 Å². The lowest BCUT2D eigenvalue weighted by atomic mass is 10.1. The second kappa shape index (κ2) is 5.22. The lowest BCUT2D eigenvalue weighted by molar-refractivity contribution is -0.385. The summed E-state index contributed by atoms with van der Waals surface area (Å²) in [5.41, 5.74) is -0.711. The Morgan fingerprint density at radius 1 is 1.45 bits per heavy atom. The normalized spacial score (nSPS) is 19.8. The summed E-state index contributed by atoms with van der Waals surface area (Å²) < 4.78 is 22.4. The number of rotatable bonds is 3. The lowest BCUT2D eigenvalue weighted by Crippen LogP contribution is -2.35. The van der Waals surface area contributed by atoms with Crippen LogP contribution in [-0.4, -0.2) is 31.0 Å². The Hall–Kier alpha value is -1.93. The molecule has 1 atom stereocenters. The van der Waals surface area contributed by atoms with Crippen molar-refractivity contribution in [3.05, 3.63) is 50.4 Å². The molecule has 1 aliphatic rings. The number of nitrogens with zero attached hydrogens (tertiary/aromatic N) is 1. The molecule has 0 saturated carbocycles. The quantitative estimate of drug-likeness (QED) is 0.668. The van der Waals surface area contributed by atoms with Crippen molar-refractivity contribution in [2.45, 2.75) is 6.04 Å². The zero-order valence-corrected chi connectivity index (χ0v) is 11.5. The van der Waals surface area contributed by atoms with Gasteiger partial charge in [0.05, 0.1) is 16.7 Å². The molecular formula is C11H9ClN2O5S. The van der Waals surface area contributed by atoms with E-state index in [1.807, 2.05) is 0 Å². The van der Waals surface area contributed by atoms with Crippen molar-refractivity contribution in [3.63, 3.8) is 0 Å². The molecule has 0 bridgehead atoms. The van der Waals surface area contributed by atoms with Gasteiger partial charge in [-0.05, 0) is 18.2 Å². The molecule has 7 nitrogen and oxygen atoms in total. The molecule has 9 heteroatoms. The molecule has 106 valence electrons. The predicted octanol–water partition coefficient (Wildman–Crippen LogP) is 1.29. The van der Waals surface area contributed by atoms with Gasteiger partial charge in [-0.25, -0.2) is 8.42 Å². The summed E-state index contributed by atoms with van der Waals surface area (Å²) in [5.74, 6) is -1.00. The van der Waals surface area contributed by atoms with Crippen LogP contribution in [0.4, 0.5) is 5.69 Å². The zero-order valence-electron chi connectivity index (χ0n) is 9.95. The minimum Gasteiger partial charge on any atom is -0.345 e. The molecule has 0 radical (unpaired) electrons. The van der Waals surface area contributed by atoms with Gasteiger partial charge < -0.3 is 5.32 Å². The minimum atomic E-state index is -3.31. The number of sulfone groups is 1. The third-order valence-electron chi connectivity index (χ3n) is 2.66. The van der Waals surface area contributed by atoms with Gasteiger partial charge in [-0.1, -0.05) is 17.7 Å². The van der Waals surface area contributed by atoms with Gasteiger partial charge >= 0.3 is 5.69 Å². The molecule has 1 heterocycles. The van der Waals surface area contributed by atoms with E-state index in [9.17, 15) is 23.3 Å². The first kappa shape index (κ1) is 14.5. The molecule has 0 spiro atoms. The fourth-order valence-corrected chi connectivity index (χ4v) is 3.27. The molecule has 20 heavy (non-hydrogen) atoms.